The van der Waals surface area contributed by atoms with Crippen LogP contribution in [0.2, 0.25) is 0 Å². The third-order valence-electron chi connectivity index (χ3n) is 2.61. The van der Waals surface area contributed by atoms with Crippen molar-refractivity contribution in [3.05, 3.63) is 17.8 Å². The summed E-state index contributed by atoms with van der Waals surface area (Å²) in [5.74, 6) is 0.680. The zero-order valence-corrected chi connectivity index (χ0v) is 11.1. The van der Waals surface area contributed by atoms with E-state index in [0.717, 1.165) is 0 Å². The minimum absolute atomic E-state index is 0.0723. The molecule has 0 aromatic carbocycles. The Morgan fingerprint density at radius 2 is 2.11 bits per heavy atom. The molecule has 0 aliphatic carbocycles. The number of aliphatic hydroxyl groups excluding tert-OH is 1. The van der Waals surface area contributed by atoms with Gasteiger partial charge in [-0.15, -0.1) is 0 Å². The summed E-state index contributed by atoms with van der Waals surface area (Å²) < 4.78 is 42.6. The van der Waals surface area contributed by atoms with Crippen molar-refractivity contribution in [2.75, 3.05) is 19.7 Å². The first-order valence-corrected chi connectivity index (χ1v) is 6.15. The van der Waals surface area contributed by atoms with Gasteiger partial charge in [0.25, 0.3) is 0 Å². The quantitative estimate of drug-likeness (QED) is 0.834. The first kappa shape index (κ1) is 16.0. The van der Waals surface area contributed by atoms with Gasteiger partial charge in [-0.1, -0.05) is 13.8 Å². The second kappa shape index (κ2) is 6.91. The lowest BCUT2D eigenvalue weighted by atomic mass is 10.1. The van der Waals surface area contributed by atoms with Gasteiger partial charge >= 0.3 is 6.18 Å². The normalized spacial score (nSPS) is 12.6. The standard InChI is InChI=1S/C12H19F3N2O2/c1-9(2)11-10(16-8-19-11)6-17(4-3-5-18)7-12(13,14)15/h8-9,18H,3-7H2,1-2H3. The van der Waals surface area contributed by atoms with Crippen LogP contribution in [0, 0.1) is 0 Å². The van der Waals surface area contributed by atoms with Crippen molar-refractivity contribution in [1.82, 2.24) is 9.88 Å². The maximum atomic E-state index is 12.5. The zero-order valence-electron chi connectivity index (χ0n) is 11.1. The van der Waals surface area contributed by atoms with Crippen LogP contribution < -0.4 is 0 Å². The summed E-state index contributed by atoms with van der Waals surface area (Å²) in [6, 6.07) is 0. The van der Waals surface area contributed by atoms with E-state index in [0.29, 0.717) is 17.9 Å². The summed E-state index contributed by atoms with van der Waals surface area (Å²) in [6.45, 7) is 2.88. The number of aromatic nitrogens is 1. The zero-order chi connectivity index (χ0) is 14.5. The highest BCUT2D eigenvalue weighted by atomic mass is 19.4. The van der Waals surface area contributed by atoms with Crippen LogP contribution in [0.4, 0.5) is 13.2 Å². The number of nitrogens with zero attached hydrogens (tertiary/aromatic N) is 2. The molecule has 1 aromatic rings. The monoisotopic (exact) mass is 280 g/mol. The van der Waals surface area contributed by atoms with E-state index in [1.807, 2.05) is 13.8 Å². The number of hydrogen-bond acceptors (Lipinski definition) is 4. The van der Waals surface area contributed by atoms with Crippen LogP contribution >= 0.6 is 0 Å². The molecule has 0 spiro atoms. The van der Waals surface area contributed by atoms with Gasteiger partial charge in [0.2, 0.25) is 0 Å². The number of aliphatic hydroxyl groups is 1. The molecule has 0 atom stereocenters. The molecule has 19 heavy (non-hydrogen) atoms. The number of halogens is 3. The molecule has 1 rings (SSSR count). The Labute approximate surface area is 110 Å². The Hall–Kier alpha value is -1.08. The van der Waals surface area contributed by atoms with Gasteiger partial charge in [-0.3, -0.25) is 4.90 Å². The predicted octanol–water partition coefficient (Wildman–Crippen LogP) is 2.54. The lowest BCUT2D eigenvalue weighted by Crippen LogP contribution is -2.35. The Morgan fingerprint density at radius 1 is 1.42 bits per heavy atom. The van der Waals surface area contributed by atoms with Crippen LogP contribution in [0.25, 0.3) is 0 Å². The molecule has 1 N–H and O–H groups in total. The van der Waals surface area contributed by atoms with Crippen molar-refractivity contribution in [2.45, 2.75) is 38.9 Å². The summed E-state index contributed by atoms with van der Waals surface area (Å²) in [6.07, 6.45) is -2.72. The van der Waals surface area contributed by atoms with E-state index in [1.165, 1.54) is 11.3 Å². The molecule has 0 bridgehead atoms. The second-order valence-corrected chi connectivity index (χ2v) is 4.72. The van der Waals surface area contributed by atoms with Crippen LogP contribution in [-0.2, 0) is 6.54 Å². The highest BCUT2D eigenvalue weighted by molar-refractivity contribution is 5.11. The van der Waals surface area contributed by atoms with E-state index >= 15 is 0 Å². The summed E-state index contributed by atoms with van der Waals surface area (Å²) >= 11 is 0. The minimum Gasteiger partial charge on any atom is -0.448 e. The summed E-state index contributed by atoms with van der Waals surface area (Å²) in [5.41, 5.74) is 0.525. The average Bonchev–Trinajstić information content (AvgIpc) is 2.72. The van der Waals surface area contributed by atoms with Crippen LogP contribution in [0.5, 0.6) is 0 Å². The van der Waals surface area contributed by atoms with Crippen molar-refractivity contribution in [3.63, 3.8) is 0 Å². The van der Waals surface area contributed by atoms with Crippen molar-refractivity contribution in [1.29, 1.82) is 0 Å². The summed E-state index contributed by atoms with van der Waals surface area (Å²) in [5, 5.41) is 8.74. The maximum Gasteiger partial charge on any atom is 0.401 e. The Balaban J connectivity index is 2.72. The predicted molar refractivity (Wildman–Crippen MR) is 63.6 cm³/mol. The van der Waals surface area contributed by atoms with Gasteiger partial charge in [-0.2, -0.15) is 13.2 Å². The van der Waals surface area contributed by atoms with Crippen LogP contribution in [0.15, 0.2) is 10.8 Å². The molecule has 0 aliphatic heterocycles. The molecule has 1 heterocycles. The fourth-order valence-corrected chi connectivity index (χ4v) is 1.84. The highest BCUT2D eigenvalue weighted by Gasteiger charge is 2.31. The van der Waals surface area contributed by atoms with E-state index in [1.54, 1.807) is 0 Å². The van der Waals surface area contributed by atoms with Gasteiger partial charge in [0.15, 0.2) is 6.39 Å². The first-order valence-electron chi connectivity index (χ1n) is 6.15. The van der Waals surface area contributed by atoms with E-state index < -0.39 is 12.7 Å². The van der Waals surface area contributed by atoms with Gasteiger partial charge in [-0.25, -0.2) is 4.98 Å². The SMILES string of the molecule is CC(C)c1ocnc1CN(CCCO)CC(F)(F)F. The van der Waals surface area contributed by atoms with E-state index in [4.69, 9.17) is 9.52 Å². The van der Waals surface area contributed by atoms with Crippen LogP contribution in [0.3, 0.4) is 0 Å². The van der Waals surface area contributed by atoms with Gasteiger partial charge in [0.05, 0.1) is 12.2 Å². The molecular formula is C12H19F3N2O2. The molecule has 1 aromatic heterocycles. The molecule has 0 unspecified atom stereocenters. The Morgan fingerprint density at radius 3 is 2.63 bits per heavy atom. The van der Waals surface area contributed by atoms with Crippen molar-refractivity contribution >= 4 is 0 Å². The molecule has 0 radical (unpaired) electrons. The highest BCUT2D eigenvalue weighted by Crippen LogP contribution is 2.22. The molecule has 0 amide bonds. The molecule has 7 heteroatoms. The number of rotatable bonds is 7. The summed E-state index contributed by atoms with van der Waals surface area (Å²) in [4.78, 5) is 5.20. The fraction of sp³-hybridized carbons (Fsp3) is 0.750. The average molecular weight is 280 g/mol. The van der Waals surface area contributed by atoms with Gasteiger partial charge in [0, 0.05) is 25.6 Å². The first-order chi connectivity index (χ1) is 8.83. The lowest BCUT2D eigenvalue weighted by Gasteiger charge is -2.22. The van der Waals surface area contributed by atoms with E-state index in [9.17, 15) is 13.2 Å². The summed E-state index contributed by atoms with van der Waals surface area (Å²) in [7, 11) is 0. The van der Waals surface area contributed by atoms with Gasteiger partial charge < -0.3 is 9.52 Å². The Bertz CT molecular complexity index is 377. The molecule has 110 valence electrons. The topological polar surface area (TPSA) is 49.5 Å². The lowest BCUT2D eigenvalue weighted by molar-refractivity contribution is -0.147. The molecule has 4 nitrogen and oxygen atoms in total. The number of alkyl halides is 3. The smallest absolute Gasteiger partial charge is 0.401 e. The van der Waals surface area contributed by atoms with Crippen molar-refractivity contribution in [2.24, 2.45) is 0 Å². The molecule has 0 fully saturated rings. The van der Waals surface area contributed by atoms with E-state index in [2.05, 4.69) is 4.98 Å². The van der Waals surface area contributed by atoms with Gasteiger partial charge in [-0.05, 0) is 6.42 Å². The minimum atomic E-state index is -4.27. The molecule has 0 saturated heterocycles. The second-order valence-electron chi connectivity index (χ2n) is 4.72. The molecular weight excluding hydrogens is 261 g/mol. The van der Waals surface area contributed by atoms with Crippen LogP contribution in [0.1, 0.15) is 37.6 Å². The van der Waals surface area contributed by atoms with Crippen molar-refractivity contribution < 1.29 is 22.7 Å². The maximum absolute atomic E-state index is 12.5. The van der Waals surface area contributed by atoms with Crippen LogP contribution in [-0.4, -0.2) is 40.9 Å². The van der Waals surface area contributed by atoms with Crippen molar-refractivity contribution in [3.8, 4) is 0 Å². The number of oxazole rings is 1. The number of hydrogen-bond donors (Lipinski definition) is 1. The van der Waals surface area contributed by atoms with Gasteiger partial charge in [0.1, 0.15) is 5.76 Å². The van der Waals surface area contributed by atoms with E-state index in [-0.39, 0.29) is 25.6 Å². The fourth-order valence-electron chi connectivity index (χ4n) is 1.84. The Kier molecular flexibility index (Phi) is 5.81. The molecule has 0 saturated carbocycles. The molecule has 0 aliphatic rings. The third kappa shape index (κ3) is 5.61. The third-order valence-corrected chi connectivity index (χ3v) is 2.61. The largest absolute Gasteiger partial charge is 0.448 e.